The van der Waals surface area contributed by atoms with Crippen molar-refractivity contribution in [1.82, 2.24) is 10.2 Å². The normalized spacial score (nSPS) is 12.8. The molecule has 2 aromatic carbocycles. The van der Waals surface area contributed by atoms with Crippen molar-refractivity contribution >= 4 is 23.6 Å². The molecule has 0 aliphatic carbocycles. The summed E-state index contributed by atoms with van der Waals surface area (Å²) in [6.07, 6.45) is 1.38. The maximum atomic E-state index is 13.8. The van der Waals surface area contributed by atoms with Crippen LogP contribution in [0.1, 0.15) is 69.7 Å². The maximum absolute atomic E-state index is 13.8. The molecule has 4 N–H and O–H groups in total. The first-order valence-electron chi connectivity index (χ1n) is 12.9. The van der Waals surface area contributed by atoms with Gasteiger partial charge in [0.15, 0.2) is 0 Å². The van der Waals surface area contributed by atoms with E-state index < -0.39 is 42.2 Å². The number of hydrogen-bond donors (Lipinski definition) is 4. The molecule has 38 heavy (non-hydrogen) atoms. The van der Waals surface area contributed by atoms with Gasteiger partial charge in [0.25, 0.3) is 5.91 Å². The number of anilines is 1. The molecule has 2 rings (SSSR count). The first-order chi connectivity index (χ1) is 17.9. The van der Waals surface area contributed by atoms with Crippen molar-refractivity contribution in [1.29, 1.82) is 0 Å². The van der Waals surface area contributed by atoms with Gasteiger partial charge in [0, 0.05) is 17.8 Å². The van der Waals surface area contributed by atoms with E-state index in [1.54, 1.807) is 58.0 Å². The fraction of sp³-hybridized carbons (Fsp3) is 0.483. The summed E-state index contributed by atoms with van der Waals surface area (Å²) in [5.74, 6) is -1.30. The number of carbonyl (C=O) groups is 3. The van der Waals surface area contributed by atoms with Crippen molar-refractivity contribution in [2.24, 2.45) is 0 Å². The molecular weight excluding hydrogens is 486 g/mol. The Kier molecular flexibility index (Phi) is 11.1. The molecule has 0 aromatic heterocycles. The molecule has 2 aromatic rings. The third kappa shape index (κ3) is 8.48. The number of amides is 3. The molecule has 0 spiro atoms. The quantitative estimate of drug-likeness (QED) is 0.316. The lowest BCUT2D eigenvalue weighted by atomic mass is 9.98. The van der Waals surface area contributed by atoms with Crippen LogP contribution >= 0.6 is 0 Å². The van der Waals surface area contributed by atoms with Crippen molar-refractivity contribution in [3.05, 3.63) is 59.2 Å². The summed E-state index contributed by atoms with van der Waals surface area (Å²) in [6, 6.07) is 9.67. The molecule has 9 heteroatoms. The van der Waals surface area contributed by atoms with Crippen molar-refractivity contribution in [2.45, 2.75) is 78.5 Å². The molecule has 0 saturated heterocycles. The fourth-order valence-corrected chi connectivity index (χ4v) is 4.00. The highest BCUT2D eigenvalue weighted by molar-refractivity contribution is 5.99. The molecule has 0 heterocycles. The average molecular weight is 528 g/mol. The van der Waals surface area contributed by atoms with E-state index in [2.05, 4.69) is 10.6 Å². The van der Waals surface area contributed by atoms with Gasteiger partial charge in [-0.05, 0) is 58.2 Å². The minimum Gasteiger partial charge on any atom is -0.507 e. The number of alkyl carbamates (subject to hydrolysis) is 1. The number of nitrogens with zero attached hydrogens (tertiary/aromatic N) is 1. The summed E-state index contributed by atoms with van der Waals surface area (Å²) in [4.78, 5) is 41.4. The predicted octanol–water partition coefficient (Wildman–Crippen LogP) is 4.59. The molecule has 2 atom stereocenters. The van der Waals surface area contributed by atoms with Gasteiger partial charge < -0.3 is 30.5 Å². The summed E-state index contributed by atoms with van der Waals surface area (Å²) in [6.45, 7) is 10.1. The van der Waals surface area contributed by atoms with E-state index in [9.17, 15) is 24.6 Å². The number of aliphatic hydroxyl groups excluding tert-OH is 1. The van der Waals surface area contributed by atoms with E-state index in [4.69, 9.17) is 4.74 Å². The molecule has 9 nitrogen and oxygen atoms in total. The van der Waals surface area contributed by atoms with Gasteiger partial charge in [0.1, 0.15) is 23.4 Å². The number of ether oxygens (including phenoxy) is 1. The van der Waals surface area contributed by atoms with Gasteiger partial charge in [-0.3, -0.25) is 9.59 Å². The average Bonchev–Trinajstić information content (AvgIpc) is 2.84. The van der Waals surface area contributed by atoms with Gasteiger partial charge in [-0.2, -0.15) is 0 Å². The first kappa shape index (κ1) is 30.6. The summed E-state index contributed by atoms with van der Waals surface area (Å²) in [5.41, 5.74) is 1.38. The molecule has 0 radical (unpaired) electrons. The van der Waals surface area contributed by atoms with Crippen molar-refractivity contribution in [2.75, 3.05) is 18.5 Å². The van der Waals surface area contributed by atoms with Gasteiger partial charge in [0.05, 0.1) is 6.61 Å². The highest BCUT2D eigenvalue weighted by Gasteiger charge is 2.37. The third-order valence-corrected chi connectivity index (χ3v) is 5.98. The monoisotopic (exact) mass is 527 g/mol. The Hall–Kier alpha value is -3.59. The number of benzene rings is 2. The number of para-hydroxylation sites is 2. The molecule has 0 fully saturated rings. The van der Waals surface area contributed by atoms with Crippen molar-refractivity contribution in [3.63, 3.8) is 0 Å². The summed E-state index contributed by atoms with van der Waals surface area (Å²) in [5, 5.41) is 26.3. The first-order valence-corrected chi connectivity index (χ1v) is 12.9. The fourth-order valence-electron chi connectivity index (χ4n) is 4.00. The minimum absolute atomic E-state index is 0.105. The van der Waals surface area contributed by atoms with Crippen molar-refractivity contribution < 1.29 is 29.3 Å². The van der Waals surface area contributed by atoms with Gasteiger partial charge in [-0.1, -0.05) is 56.2 Å². The van der Waals surface area contributed by atoms with Crippen molar-refractivity contribution in [3.8, 4) is 5.75 Å². The van der Waals surface area contributed by atoms with E-state index in [0.717, 1.165) is 18.4 Å². The summed E-state index contributed by atoms with van der Waals surface area (Å²) >= 11 is 0. The molecule has 208 valence electrons. The van der Waals surface area contributed by atoms with Crippen LogP contribution in [0.15, 0.2) is 42.5 Å². The highest BCUT2D eigenvalue weighted by atomic mass is 16.6. The number of aryl methyl sites for hydroxylation is 2. The third-order valence-electron chi connectivity index (χ3n) is 5.98. The largest absolute Gasteiger partial charge is 0.507 e. The van der Waals surface area contributed by atoms with Crippen LogP contribution in [0.3, 0.4) is 0 Å². The number of hydrogen-bond acceptors (Lipinski definition) is 6. The Labute approximate surface area is 225 Å². The Morgan fingerprint density at radius 3 is 2.26 bits per heavy atom. The van der Waals surface area contributed by atoms with E-state index in [0.29, 0.717) is 17.7 Å². The van der Waals surface area contributed by atoms with Crippen LogP contribution in [0.25, 0.3) is 0 Å². The smallest absolute Gasteiger partial charge is 0.408 e. The molecule has 0 saturated carbocycles. The van der Waals surface area contributed by atoms with E-state index in [1.165, 1.54) is 4.90 Å². The number of nitrogens with one attached hydrogen (secondary N) is 2. The van der Waals surface area contributed by atoms with E-state index >= 15 is 0 Å². The second kappa shape index (κ2) is 13.8. The standard InChI is InChI=1S/C29H41N3O6/c1-7-8-11-17-32(27(36)23(18-33)31-28(37)38-29(4,5)6)24(21-15-12-14-20(3)25(21)34)26(35)30-22-16-10-9-13-19(22)2/h9-10,12-16,23-24,33-34H,7-8,11,17-18H2,1-6H3,(H,30,35)(H,31,37). The Morgan fingerprint density at radius 2 is 1.66 bits per heavy atom. The van der Waals surface area contributed by atoms with Gasteiger partial charge in [-0.25, -0.2) is 4.79 Å². The zero-order chi connectivity index (χ0) is 28.5. The molecule has 3 amide bonds. The van der Waals surface area contributed by atoms with Crippen LogP contribution in [-0.4, -0.2) is 57.8 Å². The zero-order valence-electron chi connectivity index (χ0n) is 23.2. The van der Waals surface area contributed by atoms with Crippen LogP contribution in [0.4, 0.5) is 10.5 Å². The second-order valence-corrected chi connectivity index (χ2v) is 10.3. The lowest BCUT2D eigenvalue weighted by Gasteiger charge is -2.34. The molecule has 0 bridgehead atoms. The minimum atomic E-state index is -1.35. The lowest BCUT2D eigenvalue weighted by Crippen LogP contribution is -2.54. The number of phenols is 1. The number of unbranched alkanes of at least 4 members (excludes halogenated alkanes) is 2. The van der Waals surface area contributed by atoms with Crippen LogP contribution < -0.4 is 10.6 Å². The second-order valence-electron chi connectivity index (χ2n) is 10.3. The Morgan fingerprint density at radius 1 is 1.00 bits per heavy atom. The SMILES string of the molecule is CCCCCN(C(=O)C(CO)NC(=O)OC(C)(C)C)C(C(=O)Nc1ccccc1C)c1cccc(C)c1O. The molecule has 2 unspecified atom stereocenters. The summed E-state index contributed by atoms with van der Waals surface area (Å²) < 4.78 is 5.27. The Balaban J connectivity index is 2.55. The van der Waals surface area contributed by atoms with Crippen LogP contribution in [0, 0.1) is 13.8 Å². The molecule has 0 aliphatic heterocycles. The zero-order valence-corrected chi connectivity index (χ0v) is 23.2. The number of carbonyl (C=O) groups excluding carboxylic acids is 3. The van der Waals surface area contributed by atoms with Crippen LogP contribution in [-0.2, 0) is 14.3 Å². The number of aromatic hydroxyl groups is 1. The van der Waals surface area contributed by atoms with Gasteiger partial charge in [0.2, 0.25) is 5.91 Å². The predicted molar refractivity (Wildman–Crippen MR) is 147 cm³/mol. The van der Waals surface area contributed by atoms with Gasteiger partial charge in [-0.15, -0.1) is 0 Å². The van der Waals surface area contributed by atoms with Crippen LogP contribution in [0.2, 0.25) is 0 Å². The Bertz CT molecular complexity index is 1110. The van der Waals surface area contributed by atoms with E-state index in [-0.39, 0.29) is 17.9 Å². The molecular formula is C29H41N3O6. The summed E-state index contributed by atoms with van der Waals surface area (Å²) in [7, 11) is 0. The lowest BCUT2D eigenvalue weighted by molar-refractivity contribution is -0.141. The number of rotatable bonds is 11. The number of aliphatic hydroxyl groups is 1. The number of phenolic OH excluding ortho intramolecular Hbond substituents is 1. The molecule has 0 aliphatic rings. The maximum Gasteiger partial charge on any atom is 0.408 e. The highest BCUT2D eigenvalue weighted by Crippen LogP contribution is 2.33. The topological polar surface area (TPSA) is 128 Å². The van der Waals surface area contributed by atoms with Gasteiger partial charge >= 0.3 is 6.09 Å². The van der Waals surface area contributed by atoms with E-state index in [1.807, 2.05) is 26.0 Å². The van der Waals surface area contributed by atoms with Crippen LogP contribution in [0.5, 0.6) is 5.75 Å².